The first-order valence-corrected chi connectivity index (χ1v) is 11.5. The molecule has 2 aromatic heterocycles. The van der Waals surface area contributed by atoms with Crippen molar-refractivity contribution in [3.05, 3.63) is 35.1 Å². The molecular formula is C23H33ClN6O2. The lowest BCUT2D eigenvalue weighted by atomic mass is 9.93. The molecule has 4 N–H and O–H groups in total. The van der Waals surface area contributed by atoms with E-state index in [2.05, 4.69) is 27.5 Å². The largest absolute Gasteiger partial charge is 0.506 e. The minimum Gasteiger partial charge on any atom is -0.506 e. The predicted octanol–water partition coefficient (Wildman–Crippen LogP) is 4.81. The average Bonchev–Trinajstić information content (AvgIpc) is 3.15. The van der Waals surface area contributed by atoms with E-state index in [0.717, 1.165) is 31.5 Å². The number of nitrogens with zero attached hydrogens (tertiary/aromatic N) is 4. The average molecular weight is 461 g/mol. The molecule has 3 aromatic rings. The third kappa shape index (κ3) is 5.81. The molecule has 0 saturated heterocycles. The Balaban J connectivity index is 1.89. The third-order valence-corrected chi connectivity index (χ3v) is 6.06. The summed E-state index contributed by atoms with van der Waals surface area (Å²) in [4.78, 5) is 13.9. The van der Waals surface area contributed by atoms with Gasteiger partial charge in [-0.1, -0.05) is 50.4 Å². The van der Waals surface area contributed by atoms with Crippen LogP contribution in [0.4, 0.5) is 11.8 Å². The summed E-state index contributed by atoms with van der Waals surface area (Å²) < 4.78 is 2.04. The number of benzene rings is 1. The number of phenolic OH excluding ortho intramolecular Hbond substituents is 1. The summed E-state index contributed by atoms with van der Waals surface area (Å²) in [6, 6.07) is 5.25. The van der Waals surface area contributed by atoms with Crippen LogP contribution in [0.25, 0.3) is 11.2 Å². The quantitative estimate of drug-likeness (QED) is 0.304. The van der Waals surface area contributed by atoms with Gasteiger partial charge in [0.2, 0.25) is 5.95 Å². The van der Waals surface area contributed by atoms with Gasteiger partial charge in [-0.3, -0.25) is 0 Å². The van der Waals surface area contributed by atoms with Crippen molar-refractivity contribution in [2.45, 2.75) is 65.6 Å². The van der Waals surface area contributed by atoms with E-state index in [1.54, 1.807) is 38.4 Å². The van der Waals surface area contributed by atoms with Crippen LogP contribution in [0, 0.1) is 5.92 Å². The summed E-state index contributed by atoms with van der Waals surface area (Å²) in [5.74, 6) is 1.08. The van der Waals surface area contributed by atoms with Crippen LogP contribution < -0.4 is 10.6 Å². The van der Waals surface area contributed by atoms with Crippen molar-refractivity contribution in [1.29, 1.82) is 0 Å². The molecule has 0 bridgehead atoms. The van der Waals surface area contributed by atoms with E-state index in [-0.39, 0.29) is 11.7 Å². The minimum absolute atomic E-state index is 0.00363. The van der Waals surface area contributed by atoms with Crippen LogP contribution in [-0.2, 0) is 13.1 Å². The molecule has 0 fully saturated rings. The number of para-hydroxylation sites is 1. The summed E-state index contributed by atoms with van der Waals surface area (Å²) in [7, 11) is 0. The molecule has 32 heavy (non-hydrogen) atoms. The van der Waals surface area contributed by atoms with Crippen molar-refractivity contribution in [3.63, 3.8) is 0 Å². The van der Waals surface area contributed by atoms with Gasteiger partial charge in [-0.25, -0.2) is 4.98 Å². The Labute approximate surface area is 194 Å². The van der Waals surface area contributed by atoms with Crippen LogP contribution in [0.1, 0.15) is 52.5 Å². The fourth-order valence-corrected chi connectivity index (χ4v) is 3.41. The highest BCUT2D eigenvalue weighted by Gasteiger charge is 2.22. The molecule has 1 unspecified atom stereocenters. The van der Waals surface area contributed by atoms with E-state index >= 15 is 0 Å². The SMILES string of the molecule is CCCCCn1cnc2c(NCc3cccc(Cl)c3O)nc(NCC(C)C(C)(C)O)nc21. The van der Waals surface area contributed by atoms with Crippen molar-refractivity contribution < 1.29 is 10.2 Å². The predicted molar refractivity (Wildman–Crippen MR) is 129 cm³/mol. The first-order chi connectivity index (χ1) is 15.2. The molecule has 0 amide bonds. The number of aliphatic hydroxyl groups is 1. The number of phenols is 1. The lowest BCUT2D eigenvalue weighted by Crippen LogP contribution is -2.33. The van der Waals surface area contributed by atoms with E-state index in [1.807, 2.05) is 11.5 Å². The van der Waals surface area contributed by atoms with E-state index in [9.17, 15) is 10.2 Å². The number of fused-ring (bicyclic) bond motifs is 1. The number of unbranched alkanes of at least 4 members (excludes halogenated alkanes) is 2. The van der Waals surface area contributed by atoms with Gasteiger partial charge in [0, 0.05) is 31.1 Å². The zero-order valence-electron chi connectivity index (χ0n) is 19.2. The third-order valence-electron chi connectivity index (χ3n) is 5.76. The van der Waals surface area contributed by atoms with Gasteiger partial charge in [0.05, 0.1) is 17.0 Å². The second-order valence-electron chi connectivity index (χ2n) is 8.75. The molecule has 1 atom stereocenters. The normalized spacial score (nSPS) is 12.8. The molecule has 1 aromatic carbocycles. The van der Waals surface area contributed by atoms with Crippen molar-refractivity contribution in [2.24, 2.45) is 5.92 Å². The summed E-state index contributed by atoms with van der Waals surface area (Å²) in [5.41, 5.74) is 1.26. The topological polar surface area (TPSA) is 108 Å². The Bertz CT molecular complexity index is 1050. The molecule has 0 radical (unpaired) electrons. The smallest absolute Gasteiger partial charge is 0.226 e. The lowest BCUT2D eigenvalue weighted by Gasteiger charge is -2.26. The number of rotatable bonds is 11. The fraction of sp³-hybridized carbons (Fsp3) is 0.522. The van der Waals surface area contributed by atoms with Gasteiger partial charge in [0.25, 0.3) is 0 Å². The van der Waals surface area contributed by atoms with Crippen LogP contribution in [0.15, 0.2) is 24.5 Å². The van der Waals surface area contributed by atoms with Gasteiger partial charge in [-0.05, 0) is 26.3 Å². The maximum absolute atomic E-state index is 10.2. The summed E-state index contributed by atoms with van der Waals surface area (Å²) in [6.07, 6.45) is 5.11. The summed E-state index contributed by atoms with van der Waals surface area (Å²) in [6.45, 7) is 9.41. The van der Waals surface area contributed by atoms with E-state index in [1.165, 1.54) is 0 Å². The number of aromatic nitrogens is 4. The molecule has 0 aliphatic rings. The highest BCUT2D eigenvalue weighted by Crippen LogP contribution is 2.28. The van der Waals surface area contributed by atoms with Crippen molar-refractivity contribution in [1.82, 2.24) is 19.5 Å². The van der Waals surface area contributed by atoms with Crippen molar-refractivity contribution >= 4 is 34.5 Å². The standard InChI is InChI=1S/C23H33ClN6O2/c1-5-6-7-11-30-14-27-18-20(25-13-16-9-8-10-17(24)19(16)31)28-22(29-21(18)30)26-12-15(2)23(3,4)32/h8-10,14-15,31-32H,5-7,11-13H2,1-4H3,(H2,25,26,28,29). The summed E-state index contributed by atoms with van der Waals surface area (Å²) in [5, 5.41) is 27.3. The number of aromatic hydroxyl groups is 1. The van der Waals surface area contributed by atoms with E-state index in [4.69, 9.17) is 16.6 Å². The first-order valence-electron chi connectivity index (χ1n) is 11.1. The molecule has 2 heterocycles. The molecule has 174 valence electrons. The van der Waals surface area contributed by atoms with Gasteiger partial charge < -0.3 is 25.4 Å². The van der Waals surface area contributed by atoms with E-state index < -0.39 is 5.60 Å². The Kier molecular flexibility index (Phi) is 7.79. The second-order valence-corrected chi connectivity index (χ2v) is 9.16. The molecule has 0 saturated carbocycles. The number of anilines is 2. The molecule has 0 aliphatic carbocycles. The highest BCUT2D eigenvalue weighted by molar-refractivity contribution is 6.32. The zero-order valence-corrected chi connectivity index (χ0v) is 19.9. The number of halogens is 1. The minimum atomic E-state index is -0.815. The maximum atomic E-state index is 10.2. The number of hydrogen-bond acceptors (Lipinski definition) is 7. The molecule has 3 rings (SSSR count). The Morgan fingerprint density at radius 3 is 2.69 bits per heavy atom. The van der Waals surface area contributed by atoms with Gasteiger partial charge in [0.15, 0.2) is 17.0 Å². The van der Waals surface area contributed by atoms with Crippen LogP contribution in [0.3, 0.4) is 0 Å². The molecule has 8 nitrogen and oxygen atoms in total. The summed E-state index contributed by atoms with van der Waals surface area (Å²) >= 11 is 6.04. The highest BCUT2D eigenvalue weighted by atomic mass is 35.5. The number of aryl methyl sites for hydroxylation is 1. The van der Waals surface area contributed by atoms with Crippen LogP contribution in [0.2, 0.25) is 5.02 Å². The zero-order chi connectivity index (χ0) is 23.3. The Morgan fingerprint density at radius 1 is 1.19 bits per heavy atom. The molecule has 0 spiro atoms. The Hall–Kier alpha value is -2.58. The van der Waals surface area contributed by atoms with Crippen LogP contribution >= 0.6 is 11.6 Å². The molecule has 9 heteroatoms. The molecule has 0 aliphatic heterocycles. The van der Waals surface area contributed by atoms with Crippen LogP contribution in [-0.4, -0.2) is 41.9 Å². The van der Waals surface area contributed by atoms with Gasteiger partial charge in [-0.15, -0.1) is 0 Å². The first kappa shape index (κ1) is 24.1. The van der Waals surface area contributed by atoms with Crippen LogP contribution in [0.5, 0.6) is 5.75 Å². The second kappa shape index (κ2) is 10.4. The van der Waals surface area contributed by atoms with Gasteiger partial charge in [0.1, 0.15) is 5.75 Å². The van der Waals surface area contributed by atoms with Gasteiger partial charge >= 0.3 is 0 Å². The monoisotopic (exact) mass is 460 g/mol. The van der Waals surface area contributed by atoms with Gasteiger partial charge in [-0.2, -0.15) is 9.97 Å². The lowest BCUT2D eigenvalue weighted by molar-refractivity contribution is 0.0303. The Morgan fingerprint density at radius 2 is 1.97 bits per heavy atom. The molecular weight excluding hydrogens is 428 g/mol. The van der Waals surface area contributed by atoms with E-state index in [0.29, 0.717) is 41.0 Å². The maximum Gasteiger partial charge on any atom is 0.226 e. The van der Waals surface area contributed by atoms with Crippen molar-refractivity contribution in [3.8, 4) is 5.75 Å². The number of hydrogen-bond donors (Lipinski definition) is 4. The van der Waals surface area contributed by atoms with Crippen molar-refractivity contribution in [2.75, 3.05) is 17.2 Å². The fourth-order valence-electron chi connectivity index (χ4n) is 3.22. The number of imidazole rings is 1. The number of nitrogens with one attached hydrogen (secondary N) is 2.